The Morgan fingerprint density at radius 2 is 2.55 bits per heavy atom. The van der Waals surface area contributed by atoms with Crippen molar-refractivity contribution in [2.24, 2.45) is 0 Å². The van der Waals surface area contributed by atoms with Crippen molar-refractivity contribution < 1.29 is 0 Å². The highest BCUT2D eigenvalue weighted by molar-refractivity contribution is 7.98. The minimum Gasteiger partial charge on any atom is -0.382 e. The monoisotopic (exact) mass is 171 g/mol. The van der Waals surface area contributed by atoms with Crippen LogP contribution in [0.15, 0.2) is 12.5 Å². The average molecular weight is 171 g/mol. The number of hydrogen-bond acceptors (Lipinski definition) is 3. The minimum atomic E-state index is 0.606. The lowest BCUT2D eigenvalue weighted by molar-refractivity contribution is 0.684. The Kier molecular flexibility index (Phi) is 3.29. The molecule has 1 heterocycles. The maximum absolute atomic E-state index is 5.45. The molecular weight excluding hydrogens is 158 g/mol. The fourth-order valence-electron chi connectivity index (χ4n) is 0.891. The number of imidazole rings is 1. The molecule has 1 aromatic heterocycles. The van der Waals surface area contributed by atoms with Crippen molar-refractivity contribution in [1.82, 2.24) is 9.55 Å². The smallest absolute Gasteiger partial charge is 0.141 e. The molecule has 0 amide bonds. The van der Waals surface area contributed by atoms with E-state index in [0.29, 0.717) is 5.82 Å². The van der Waals surface area contributed by atoms with Crippen LogP contribution in [-0.4, -0.2) is 21.6 Å². The van der Waals surface area contributed by atoms with E-state index in [4.69, 9.17) is 5.73 Å². The third-order valence-electron chi connectivity index (χ3n) is 1.42. The Hall–Kier alpha value is -0.640. The van der Waals surface area contributed by atoms with Gasteiger partial charge >= 0.3 is 0 Å². The zero-order chi connectivity index (χ0) is 8.10. The van der Waals surface area contributed by atoms with Crippen molar-refractivity contribution in [3.8, 4) is 0 Å². The number of anilines is 1. The van der Waals surface area contributed by atoms with Gasteiger partial charge in [-0.1, -0.05) is 0 Å². The molecule has 1 aromatic rings. The van der Waals surface area contributed by atoms with Crippen LogP contribution in [0.2, 0.25) is 0 Å². The molecule has 62 valence electrons. The van der Waals surface area contributed by atoms with Crippen molar-refractivity contribution in [1.29, 1.82) is 0 Å². The minimum absolute atomic E-state index is 0.606. The molecule has 0 saturated carbocycles. The molecule has 3 nitrogen and oxygen atoms in total. The van der Waals surface area contributed by atoms with Crippen LogP contribution in [0.1, 0.15) is 6.42 Å². The number of hydrogen-bond donors (Lipinski definition) is 1. The van der Waals surface area contributed by atoms with Gasteiger partial charge < -0.3 is 10.3 Å². The van der Waals surface area contributed by atoms with Crippen LogP contribution in [-0.2, 0) is 6.54 Å². The van der Waals surface area contributed by atoms with Crippen LogP contribution in [0.25, 0.3) is 0 Å². The molecule has 0 aliphatic rings. The van der Waals surface area contributed by atoms with Gasteiger partial charge in [0.15, 0.2) is 0 Å². The van der Waals surface area contributed by atoms with Crippen LogP contribution in [0.5, 0.6) is 0 Å². The molecule has 0 bridgehead atoms. The maximum Gasteiger partial charge on any atom is 0.141 e. The topological polar surface area (TPSA) is 43.8 Å². The third kappa shape index (κ3) is 2.84. The number of thioether (sulfide) groups is 1. The van der Waals surface area contributed by atoms with Gasteiger partial charge in [-0.15, -0.1) is 0 Å². The molecule has 0 unspecified atom stereocenters. The van der Waals surface area contributed by atoms with Crippen molar-refractivity contribution in [3.63, 3.8) is 0 Å². The third-order valence-corrected chi connectivity index (χ3v) is 2.11. The van der Waals surface area contributed by atoms with Gasteiger partial charge in [0.2, 0.25) is 0 Å². The SMILES string of the molecule is CSCCCn1cnc(N)c1. The molecule has 1 rings (SSSR count). The summed E-state index contributed by atoms with van der Waals surface area (Å²) in [5.41, 5.74) is 5.45. The second kappa shape index (κ2) is 4.28. The van der Waals surface area contributed by atoms with Crippen molar-refractivity contribution in [2.75, 3.05) is 17.7 Å². The number of nitrogens with two attached hydrogens (primary N) is 1. The Bertz CT molecular complexity index is 209. The fourth-order valence-corrected chi connectivity index (χ4v) is 1.31. The number of aryl methyl sites for hydroxylation is 1. The summed E-state index contributed by atoms with van der Waals surface area (Å²) in [4.78, 5) is 3.93. The second-order valence-corrected chi connectivity index (χ2v) is 3.37. The van der Waals surface area contributed by atoms with Crippen LogP contribution in [0.3, 0.4) is 0 Å². The highest BCUT2D eigenvalue weighted by atomic mass is 32.2. The summed E-state index contributed by atoms with van der Waals surface area (Å²) in [6, 6.07) is 0. The van der Waals surface area contributed by atoms with E-state index in [1.165, 1.54) is 12.2 Å². The largest absolute Gasteiger partial charge is 0.382 e. The molecular formula is C7H13N3S. The molecule has 2 N–H and O–H groups in total. The van der Waals surface area contributed by atoms with Gasteiger partial charge in [-0.3, -0.25) is 0 Å². The van der Waals surface area contributed by atoms with Gasteiger partial charge in [0.05, 0.1) is 6.33 Å². The van der Waals surface area contributed by atoms with Gasteiger partial charge in [-0.2, -0.15) is 11.8 Å². The second-order valence-electron chi connectivity index (χ2n) is 2.38. The van der Waals surface area contributed by atoms with E-state index < -0.39 is 0 Å². The highest BCUT2D eigenvalue weighted by Gasteiger charge is 1.92. The summed E-state index contributed by atoms with van der Waals surface area (Å²) in [6.45, 7) is 1.02. The van der Waals surface area contributed by atoms with Gasteiger partial charge in [-0.25, -0.2) is 4.98 Å². The van der Waals surface area contributed by atoms with Crippen molar-refractivity contribution in [2.45, 2.75) is 13.0 Å². The highest BCUT2D eigenvalue weighted by Crippen LogP contribution is 2.01. The zero-order valence-electron chi connectivity index (χ0n) is 6.66. The first kappa shape index (κ1) is 8.46. The molecule has 0 aliphatic heterocycles. The van der Waals surface area contributed by atoms with Crippen LogP contribution in [0, 0.1) is 0 Å². The average Bonchev–Trinajstić information content (AvgIpc) is 2.37. The Morgan fingerprint density at radius 1 is 1.73 bits per heavy atom. The first-order chi connectivity index (χ1) is 5.33. The molecule has 0 atom stereocenters. The van der Waals surface area contributed by atoms with E-state index in [-0.39, 0.29) is 0 Å². The van der Waals surface area contributed by atoms with Gasteiger partial charge in [0.25, 0.3) is 0 Å². The molecule has 0 fully saturated rings. The number of rotatable bonds is 4. The number of aromatic nitrogens is 2. The molecule has 11 heavy (non-hydrogen) atoms. The van der Waals surface area contributed by atoms with Crippen LogP contribution >= 0.6 is 11.8 Å². The predicted octanol–water partition coefficient (Wildman–Crippen LogP) is 1.22. The van der Waals surface area contributed by atoms with Crippen LogP contribution in [0.4, 0.5) is 5.82 Å². The first-order valence-corrected chi connectivity index (χ1v) is 4.98. The normalized spacial score (nSPS) is 10.3. The van der Waals surface area contributed by atoms with E-state index in [1.54, 1.807) is 6.33 Å². The van der Waals surface area contributed by atoms with Gasteiger partial charge in [0.1, 0.15) is 5.82 Å². The molecule has 4 heteroatoms. The number of nitrogens with zero attached hydrogens (tertiary/aromatic N) is 2. The lowest BCUT2D eigenvalue weighted by Gasteiger charge is -1.98. The maximum atomic E-state index is 5.45. The zero-order valence-corrected chi connectivity index (χ0v) is 7.47. The van der Waals surface area contributed by atoms with E-state index in [9.17, 15) is 0 Å². The first-order valence-electron chi connectivity index (χ1n) is 3.59. The van der Waals surface area contributed by atoms with Crippen molar-refractivity contribution >= 4 is 17.6 Å². The summed E-state index contributed by atoms with van der Waals surface area (Å²) in [5.74, 6) is 1.80. The quantitative estimate of drug-likeness (QED) is 0.693. The predicted molar refractivity (Wildman–Crippen MR) is 49.6 cm³/mol. The summed E-state index contributed by atoms with van der Waals surface area (Å²) >= 11 is 1.86. The summed E-state index contributed by atoms with van der Waals surface area (Å²) < 4.78 is 2.02. The summed E-state index contributed by atoms with van der Waals surface area (Å²) in [7, 11) is 0. The molecule has 0 aromatic carbocycles. The van der Waals surface area contributed by atoms with E-state index in [0.717, 1.165) is 6.54 Å². The van der Waals surface area contributed by atoms with Gasteiger partial charge in [-0.05, 0) is 18.4 Å². The lowest BCUT2D eigenvalue weighted by Crippen LogP contribution is -1.95. The molecule has 0 aliphatic carbocycles. The number of nitrogen functional groups attached to an aromatic ring is 1. The Morgan fingerprint density at radius 3 is 3.09 bits per heavy atom. The standard InChI is InChI=1S/C7H13N3S/c1-11-4-2-3-10-5-7(8)9-6-10/h5-6H,2-4,8H2,1H3. The van der Waals surface area contributed by atoms with E-state index in [1.807, 2.05) is 22.5 Å². The molecule has 0 saturated heterocycles. The Balaban J connectivity index is 2.27. The summed E-state index contributed by atoms with van der Waals surface area (Å²) in [5, 5.41) is 0. The molecule has 0 spiro atoms. The lowest BCUT2D eigenvalue weighted by atomic mass is 10.5. The van der Waals surface area contributed by atoms with Crippen molar-refractivity contribution in [3.05, 3.63) is 12.5 Å². The fraction of sp³-hybridized carbons (Fsp3) is 0.571. The van der Waals surface area contributed by atoms with E-state index >= 15 is 0 Å². The summed E-state index contributed by atoms with van der Waals surface area (Å²) in [6.07, 6.45) is 6.93. The van der Waals surface area contributed by atoms with Crippen LogP contribution < -0.4 is 5.73 Å². The Labute approximate surface area is 71.0 Å². The van der Waals surface area contributed by atoms with Gasteiger partial charge in [0, 0.05) is 12.7 Å². The molecule has 0 radical (unpaired) electrons. The van der Waals surface area contributed by atoms with E-state index in [2.05, 4.69) is 11.2 Å².